The summed E-state index contributed by atoms with van der Waals surface area (Å²) >= 11 is 0. The van der Waals surface area contributed by atoms with E-state index in [2.05, 4.69) is 158 Å². The van der Waals surface area contributed by atoms with Gasteiger partial charge in [-0.25, -0.2) is 0 Å². The van der Waals surface area contributed by atoms with Crippen LogP contribution in [0.25, 0.3) is 61.3 Å². The Kier molecular flexibility index (Phi) is 12.2. The molecule has 6 heteroatoms. The molecule has 0 unspecified atom stereocenters. The number of benzene rings is 5. The number of nitrogens with zero attached hydrogens (tertiary/aromatic N) is 3. The van der Waals surface area contributed by atoms with Gasteiger partial charge in [0.1, 0.15) is 5.58 Å². The molecule has 0 aliphatic carbocycles. The van der Waals surface area contributed by atoms with E-state index in [0.29, 0.717) is 11.8 Å². The molecule has 0 atom stereocenters. The molecule has 8 aromatic rings. The monoisotopic (exact) mass is 990 g/mol. The second-order valence-electron chi connectivity index (χ2n) is 19.6. The van der Waals surface area contributed by atoms with Gasteiger partial charge in [-0.15, -0.1) is 59.2 Å². The largest absolute Gasteiger partial charge is 0.500 e. The van der Waals surface area contributed by atoms with Crippen molar-refractivity contribution < 1.29 is 27.3 Å². The van der Waals surface area contributed by atoms with Crippen LogP contribution >= 0.6 is 0 Å². The molecule has 1 radical (unpaired) electrons. The van der Waals surface area contributed by atoms with E-state index in [1.807, 2.05) is 57.3 Å². The Labute approximate surface area is 376 Å². The number of imidazole rings is 1. The van der Waals surface area contributed by atoms with E-state index >= 15 is 0 Å². The summed E-state index contributed by atoms with van der Waals surface area (Å²) in [7, 11) is -1.74. The molecule has 60 heavy (non-hydrogen) atoms. The maximum Gasteiger partial charge on any atom is 0.120 e. The Morgan fingerprint density at radius 3 is 2.07 bits per heavy atom. The van der Waals surface area contributed by atoms with Crippen LogP contribution in [0.15, 0.2) is 114 Å². The van der Waals surface area contributed by atoms with E-state index in [4.69, 9.17) is 17.1 Å². The third kappa shape index (κ3) is 9.47. The zero-order valence-electron chi connectivity index (χ0n) is 39.6. The summed E-state index contributed by atoms with van der Waals surface area (Å²) in [4.78, 5) is 9.86. The van der Waals surface area contributed by atoms with Crippen molar-refractivity contribution >= 4 is 46.2 Å². The van der Waals surface area contributed by atoms with Crippen molar-refractivity contribution in [1.82, 2.24) is 14.5 Å². The predicted octanol–water partition coefficient (Wildman–Crippen LogP) is 14.6. The van der Waals surface area contributed by atoms with E-state index in [1.165, 1.54) is 22.4 Å². The van der Waals surface area contributed by atoms with Crippen molar-refractivity contribution in [3.63, 3.8) is 0 Å². The standard InChI is InChI=1S/C31H27N2O.C23H34NSi.Ir/c1-19(2)22-11-9-12-23(20(3)4)30(22)33-27-14-7-6-13-26(27)32-31(33)21-16-17-29-25(18-21)24-10-5-8-15-28(24)34-29;1-22(2,3)15-18-14-20(24-16-21(18)25(7,8)9)17-11-10-12-19(13-17)23(4,5)6;/h5-15,17-20H,1-4H3;10,12-14,16H,15H2,1-9H3;/q2*-1;/i;15D2;. The van der Waals surface area contributed by atoms with Gasteiger partial charge in [0.15, 0.2) is 0 Å². The molecule has 8 rings (SSSR count). The average molecular weight is 990 g/mol. The first kappa shape index (κ1) is 42.1. The van der Waals surface area contributed by atoms with Crippen molar-refractivity contribution in [3.05, 3.63) is 144 Å². The zero-order valence-corrected chi connectivity index (χ0v) is 41.0. The Morgan fingerprint density at radius 2 is 1.42 bits per heavy atom. The van der Waals surface area contributed by atoms with Crippen LogP contribution in [-0.2, 0) is 31.9 Å². The number of aromatic nitrogens is 3. The van der Waals surface area contributed by atoms with Crippen LogP contribution in [0.5, 0.6) is 0 Å². The van der Waals surface area contributed by atoms with Gasteiger partial charge in [0.25, 0.3) is 0 Å². The van der Waals surface area contributed by atoms with Crippen LogP contribution in [-0.4, -0.2) is 22.6 Å². The topological polar surface area (TPSA) is 43.9 Å². The second-order valence-corrected chi connectivity index (χ2v) is 24.6. The predicted molar refractivity (Wildman–Crippen MR) is 254 cm³/mol. The van der Waals surface area contributed by atoms with Gasteiger partial charge in [0.05, 0.1) is 30.5 Å². The minimum absolute atomic E-state index is 0. The van der Waals surface area contributed by atoms with Crippen molar-refractivity contribution in [2.45, 2.75) is 113 Å². The number of fused-ring (bicyclic) bond motifs is 4. The molecule has 0 bridgehead atoms. The average Bonchev–Trinajstić information content (AvgIpc) is 3.78. The molecular formula is C54H61IrN3OSi-2. The minimum atomic E-state index is -1.74. The van der Waals surface area contributed by atoms with Crippen LogP contribution in [0.1, 0.15) is 106 Å². The fraction of sp³-hybridized carbons (Fsp3) is 0.333. The molecular weight excluding hydrogens is 927 g/mol. The van der Waals surface area contributed by atoms with Crippen LogP contribution in [0, 0.1) is 17.5 Å². The summed E-state index contributed by atoms with van der Waals surface area (Å²) in [6, 6.07) is 42.3. The molecule has 3 aromatic heterocycles. The zero-order chi connectivity index (χ0) is 44.2. The van der Waals surface area contributed by atoms with E-state index in [0.717, 1.165) is 66.4 Å². The normalized spacial score (nSPS) is 13.1. The second kappa shape index (κ2) is 17.4. The SMILES string of the molecule is CC(C)c1cccc(C(C)C)c1-n1c(-c2[c-]cc3oc4ccccc4c3c2)nc2ccccc21.[2H]C([2H])(c1cc(-c2[c-]ccc(C(C)(C)C)c2)ncc1[Si](C)(C)C)C(C)(C)C.[Ir]. The fourth-order valence-corrected chi connectivity index (χ4v) is 9.18. The minimum Gasteiger partial charge on any atom is -0.500 e. The van der Waals surface area contributed by atoms with E-state index in [-0.39, 0.29) is 25.5 Å². The van der Waals surface area contributed by atoms with E-state index in [9.17, 15) is 0 Å². The molecule has 0 aliphatic rings. The third-order valence-corrected chi connectivity index (χ3v) is 12.9. The molecule has 0 saturated heterocycles. The number of rotatable bonds is 7. The van der Waals surface area contributed by atoms with Gasteiger partial charge in [-0.2, -0.15) is 0 Å². The molecule has 0 saturated carbocycles. The summed E-state index contributed by atoms with van der Waals surface area (Å²) in [5.74, 6) is 1.67. The first-order valence-electron chi connectivity index (χ1n) is 22.1. The molecule has 0 fully saturated rings. The third-order valence-electron chi connectivity index (χ3n) is 10.8. The Bertz CT molecular complexity index is 2840. The Hall–Kier alpha value is -4.61. The van der Waals surface area contributed by atoms with Crippen molar-refractivity contribution in [2.24, 2.45) is 5.41 Å². The van der Waals surface area contributed by atoms with E-state index < -0.39 is 19.9 Å². The summed E-state index contributed by atoms with van der Waals surface area (Å²) in [6.07, 6.45) is 0.472. The molecule has 0 spiro atoms. The maximum absolute atomic E-state index is 8.89. The number of hydrogen-bond donors (Lipinski definition) is 0. The van der Waals surface area contributed by atoms with Gasteiger partial charge < -0.3 is 14.0 Å². The van der Waals surface area contributed by atoms with E-state index in [1.54, 1.807) is 0 Å². The summed E-state index contributed by atoms with van der Waals surface area (Å²) in [6.45, 7) is 28.3. The van der Waals surface area contributed by atoms with Crippen LogP contribution in [0.2, 0.25) is 19.6 Å². The number of para-hydroxylation sites is 4. The van der Waals surface area contributed by atoms with Gasteiger partial charge in [-0.05, 0) is 69.2 Å². The van der Waals surface area contributed by atoms with Crippen molar-refractivity contribution in [3.8, 4) is 28.3 Å². The van der Waals surface area contributed by atoms with Gasteiger partial charge in [0.2, 0.25) is 0 Å². The van der Waals surface area contributed by atoms with Crippen molar-refractivity contribution in [1.29, 1.82) is 0 Å². The molecule has 0 N–H and O–H groups in total. The van der Waals surface area contributed by atoms with Gasteiger partial charge in [-0.3, -0.25) is 4.98 Å². The summed E-state index contributed by atoms with van der Waals surface area (Å²) in [5, 5.41) is 3.29. The van der Waals surface area contributed by atoms with Crippen LogP contribution in [0.4, 0.5) is 0 Å². The number of hydrogen-bond acceptors (Lipinski definition) is 3. The summed E-state index contributed by atoms with van der Waals surface area (Å²) in [5.41, 5.74) is 12.0. The quantitative estimate of drug-likeness (QED) is 0.118. The van der Waals surface area contributed by atoms with Crippen molar-refractivity contribution in [2.75, 3.05) is 0 Å². The van der Waals surface area contributed by atoms with Gasteiger partial charge >= 0.3 is 0 Å². The number of pyridine rings is 1. The van der Waals surface area contributed by atoms with Gasteiger partial charge in [0, 0.05) is 40.1 Å². The first-order valence-corrected chi connectivity index (χ1v) is 24.6. The molecule has 0 aliphatic heterocycles. The van der Waals surface area contributed by atoms with Crippen LogP contribution < -0.4 is 5.19 Å². The fourth-order valence-electron chi connectivity index (χ4n) is 7.79. The molecule has 313 valence electrons. The molecule has 3 heterocycles. The smallest absolute Gasteiger partial charge is 0.120 e. The first-order chi connectivity index (χ1) is 28.6. The Balaban J connectivity index is 0.000000210. The number of furan rings is 1. The molecule has 5 aromatic carbocycles. The summed E-state index contributed by atoms with van der Waals surface area (Å²) < 4.78 is 26.2. The maximum atomic E-state index is 8.89. The molecule has 4 nitrogen and oxygen atoms in total. The molecule has 0 amide bonds. The Morgan fingerprint density at radius 1 is 0.750 bits per heavy atom. The van der Waals surface area contributed by atoms with Crippen LogP contribution in [0.3, 0.4) is 0 Å². The van der Waals surface area contributed by atoms with Gasteiger partial charge in [-0.1, -0.05) is 154 Å².